The summed E-state index contributed by atoms with van der Waals surface area (Å²) in [6.45, 7) is 2.12. The van der Waals surface area contributed by atoms with Crippen molar-refractivity contribution < 1.29 is 17.5 Å². The molecule has 0 aliphatic carbocycles. The van der Waals surface area contributed by atoms with Crippen LogP contribution in [0.3, 0.4) is 0 Å². The van der Waals surface area contributed by atoms with Gasteiger partial charge in [-0.2, -0.15) is 5.26 Å². The quantitative estimate of drug-likeness (QED) is 0.388. The van der Waals surface area contributed by atoms with Gasteiger partial charge in [-0.3, -0.25) is 9.71 Å². The number of anilines is 3. The highest BCUT2D eigenvalue weighted by Gasteiger charge is 2.31. The van der Waals surface area contributed by atoms with Crippen LogP contribution in [-0.4, -0.2) is 36.8 Å². The molecule has 2 N–H and O–H groups in total. The van der Waals surface area contributed by atoms with Crippen molar-refractivity contribution in [2.24, 2.45) is 0 Å². The smallest absolute Gasteiger partial charge is 0.237 e. The minimum absolute atomic E-state index is 0.0729. The Morgan fingerprint density at radius 2 is 2.06 bits per heavy atom. The molecular formula is C21H18ClFN4O3S3. The van der Waals surface area contributed by atoms with Gasteiger partial charge in [0, 0.05) is 34.8 Å². The zero-order chi connectivity index (χ0) is 23.6. The van der Waals surface area contributed by atoms with E-state index in [1.807, 2.05) is 0 Å². The topological polar surface area (TPSA) is 104 Å². The number of nitriles is 1. The standard InChI is InChI=1S/C21H18ClFN4O3S3/c1-2-30-20-7-18-15(6-19(20)27-33(28,29)14-10-31-32-11-14)21(12(8-24)9-25-18)26-13-3-4-17(23)16(22)5-13/h3-7,9,14,27H,2,10-11H2,1H3,(H,25,26). The third-order valence-corrected chi connectivity index (χ3v) is 9.85. The number of ether oxygens (including phenoxy) is 1. The van der Waals surface area contributed by atoms with E-state index in [1.165, 1.54) is 46.0 Å². The van der Waals surface area contributed by atoms with E-state index in [1.54, 1.807) is 19.1 Å². The molecule has 1 saturated heterocycles. The first-order chi connectivity index (χ1) is 15.8. The maximum Gasteiger partial charge on any atom is 0.237 e. The lowest BCUT2D eigenvalue weighted by Crippen LogP contribution is -2.29. The molecule has 1 aromatic heterocycles. The van der Waals surface area contributed by atoms with E-state index in [9.17, 15) is 18.1 Å². The molecule has 0 spiro atoms. The minimum Gasteiger partial charge on any atom is -0.492 e. The normalized spacial score (nSPS) is 14.2. The van der Waals surface area contributed by atoms with Crippen LogP contribution in [0.15, 0.2) is 36.5 Å². The molecule has 0 amide bonds. The first kappa shape index (κ1) is 23.8. The van der Waals surface area contributed by atoms with E-state index < -0.39 is 21.1 Å². The van der Waals surface area contributed by atoms with Gasteiger partial charge in [0.2, 0.25) is 10.0 Å². The second kappa shape index (κ2) is 9.85. The average Bonchev–Trinajstić information content (AvgIpc) is 3.33. The molecule has 0 saturated carbocycles. The Balaban J connectivity index is 1.84. The van der Waals surface area contributed by atoms with Gasteiger partial charge in [0.15, 0.2) is 0 Å². The van der Waals surface area contributed by atoms with Crippen LogP contribution in [0.2, 0.25) is 5.02 Å². The number of halogens is 2. The molecule has 1 fully saturated rings. The fourth-order valence-corrected chi connectivity index (χ4v) is 8.84. The number of aromatic nitrogens is 1. The number of fused-ring (bicyclic) bond motifs is 1. The Bertz CT molecular complexity index is 1360. The van der Waals surface area contributed by atoms with Crippen molar-refractivity contribution in [3.05, 3.63) is 52.9 Å². The van der Waals surface area contributed by atoms with Crippen molar-refractivity contribution in [2.45, 2.75) is 12.2 Å². The molecule has 172 valence electrons. The molecule has 33 heavy (non-hydrogen) atoms. The molecular weight excluding hydrogens is 507 g/mol. The number of pyridine rings is 1. The van der Waals surface area contributed by atoms with Crippen molar-refractivity contribution in [1.29, 1.82) is 5.26 Å². The summed E-state index contributed by atoms with van der Waals surface area (Å²) in [7, 11) is -0.617. The summed E-state index contributed by atoms with van der Waals surface area (Å²) in [5.41, 5.74) is 1.82. The second-order valence-electron chi connectivity index (χ2n) is 7.05. The number of benzene rings is 2. The summed E-state index contributed by atoms with van der Waals surface area (Å²) in [5.74, 6) is 0.759. The summed E-state index contributed by atoms with van der Waals surface area (Å²) in [4.78, 5) is 4.33. The zero-order valence-corrected chi connectivity index (χ0v) is 20.5. The predicted octanol–water partition coefficient (Wildman–Crippen LogP) is 5.55. The van der Waals surface area contributed by atoms with Crippen LogP contribution in [0.4, 0.5) is 21.5 Å². The highest BCUT2D eigenvalue weighted by molar-refractivity contribution is 8.77. The van der Waals surface area contributed by atoms with Gasteiger partial charge in [0.1, 0.15) is 22.9 Å². The van der Waals surface area contributed by atoms with Crippen molar-refractivity contribution in [3.63, 3.8) is 0 Å². The van der Waals surface area contributed by atoms with Gasteiger partial charge in [0.25, 0.3) is 0 Å². The maximum atomic E-state index is 13.6. The molecule has 12 heteroatoms. The third kappa shape index (κ3) is 5.09. The van der Waals surface area contributed by atoms with Crippen molar-refractivity contribution in [2.75, 3.05) is 28.2 Å². The van der Waals surface area contributed by atoms with E-state index >= 15 is 0 Å². The van der Waals surface area contributed by atoms with Gasteiger partial charge in [0.05, 0.1) is 34.1 Å². The number of hydrogen-bond acceptors (Lipinski definition) is 8. The van der Waals surface area contributed by atoms with Crippen LogP contribution in [0.5, 0.6) is 5.75 Å². The first-order valence-electron chi connectivity index (χ1n) is 9.80. The molecule has 2 aromatic carbocycles. The fraction of sp³-hybridized carbons (Fsp3) is 0.238. The minimum atomic E-state index is -3.66. The molecule has 0 bridgehead atoms. The van der Waals surface area contributed by atoms with Gasteiger partial charge >= 0.3 is 0 Å². The fourth-order valence-electron chi connectivity index (χ4n) is 3.22. The lowest BCUT2D eigenvalue weighted by molar-refractivity contribution is 0.342. The van der Waals surface area contributed by atoms with Crippen LogP contribution >= 0.6 is 33.2 Å². The maximum absolute atomic E-state index is 13.6. The molecule has 1 aliphatic rings. The molecule has 1 aliphatic heterocycles. The second-order valence-corrected chi connectivity index (χ2v) is 12.0. The zero-order valence-electron chi connectivity index (χ0n) is 17.3. The predicted molar refractivity (Wildman–Crippen MR) is 134 cm³/mol. The Hall–Kier alpha value is -2.39. The summed E-state index contributed by atoms with van der Waals surface area (Å²) >= 11 is 5.90. The van der Waals surface area contributed by atoms with Crippen LogP contribution < -0.4 is 14.8 Å². The monoisotopic (exact) mass is 524 g/mol. The van der Waals surface area contributed by atoms with E-state index in [0.29, 0.717) is 46.1 Å². The van der Waals surface area contributed by atoms with E-state index in [-0.39, 0.29) is 16.3 Å². The van der Waals surface area contributed by atoms with Crippen molar-refractivity contribution in [3.8, 4) is 11.8 Å². The van der Waals surface area contributed by atoms with E-state index in [0.717, 1.165) is 0 Å². The Morgan fingerprint density at radius 1 is 1.30 bits per heavy atom. The van der Waals surface area contributed by atoms with E-state index in [4.69, 9.17) is 16.3 Å². The highest BCUT2D eigenvalue weighted by atomic mass is 35.5. The first-order valence-corrected chi connectivity index (χ1v) is 14.2. The number of sulfonamides is 1. The molecule has 0 atom stereocenters. The summed E-state index contributed by atoms with van der Waals surface area (Å²) in [6, 6.07) is 9.40. The number of rotatable bonds is 7. The molecule has 4 rings (SSSR count). The molecule has 0 radical (unpaired) electrons. The Morgan fingerprint density at radius 3 is 2.73 bits per heavy atom. The summed E-state index contributed by atoms with van der Waals surface area (Å²) in [5, 5.41) is 12.6. The van der Waals surface area contributed by atoms with Crippen molar-refractivity contribution in [1.82, 2.24) is 4.98 Å². The van der Waals surface area contributed by atoms with Crippen LogP contribution in [0.1, 0.15) is 12.5 Å². The molecule has 2 heterocycles. The lowest BCUT2D eigenvalue weighted by atomic mass is 10.1. The molecule has 7 nitrogen and oxygen atoms in total. The van der Waals surface area contributed by atoms with Gasteiger partial charge in [-0.25, -0.2) is 12.8 Å². The van der Waals surface area contributed by atoms with Crippen LogP contribution in [0.25, 0.3) is 10.9 Å². The molecule has 3 aromatic rings. The van der Waals surface area contributed by atoms with Gasteiger partial charge in [-0.1, -0.05) is 33.2 Å². The van der Waals surface area contributed by atoms with Crippen LogP contribution in [0, 0.1) is 17.1 Å². The number of nitrogens with one attached hydrogen (secondary N) is 2. The highest BCUT2D eigenvalue weighted by Crippen LogP contribution is 2.39. The molecule has 0 unspecified atom stereocenters. The Labute approximate surface area is 203 Å². The third-order valence-electron chi connectivity index (χ3n) is 4.86. The van der Waals surface area contributed by atoms with Crippen molar-refractivity contribution >= 4 is 71.2 Å². The van der Waals surface area contributed by atoms with Crippen LogP contribution in [-0.2, 0) is 10.0 Å². The number of nitrogens with zero attached hydrogens (tertiary/aromatic N) is 2. The van der Waals surface area contributed by atoms with Gasteiger partial charge in [-0.15, -0.1) is 0 Å². The van der Waals surface area contributed by atoms with Gasteiger partial charge < -0.3 is 10.1 Å². The summed E-state index contributed by atoms with van der Waals surface area (Å²) in [6.07, 6.45) is 1.41. The SMILES string of the molecule is CCOc1cc2ncc(C#N)c(Nc3ccc(F)c(Cl)c3)c2cc1NS(=O)(=O)C1CSSC1. The Kier molecular flexibility index (Phi) is 7.09. The largest absolute Gasteiger partial charge is 0.492 e. The summed E-state index contributed by atoms with van der Waals surface area (Å²) < 4.78 is 47.8. The average molecular weight is 525 g/mol. The van der Waals surface area contributed by atoms with E-state index in [2.05, 4.69) is 21.1 Å². The van der Waals surface area contributed by atoms with Gasteiger partial charge in [-0.05, 0) is 31.2 Å². The number of hydrogen-bond donors (Lipinski definition) is 2. The lowest BCUT2D eigenvalue weighted by Gasteiger charge is -2.18.